The Hall–Kier alpha value is -1.06. The third-order valence-corrected chi connectivity index (χ3v) is 3.82. The van der Waals surface area contributed by atoms with E-state index in [9.17, 15) is 9.59 Å². The Morgan fingerprint density at radius 1 is 1.22 bits per heavy atom. The highest BCUT2D eigenvalue weighted by Crippen LogP contribution is 2.69. The lowest BCUT2D eigenvalue weighted by atomic mass is 10.00. The molecule has 0 radical (unpaired) electrons. The smallest absolute Gasteiger partial charge is 0.240 e. The number of carbonyl (C=O) groups excluding carboxylic acids is 2. The standard InChI is InChI=1S/C13H11Cl2NO2/c1-12-6-13(12,2)11(18)16(10(12)17)9-4-7(14)3-8(15)5-9/h3-5H,6H2,1-2H3/i1D3,6D2. The molecule has 2 amide bonds. The second kappa shape index (κ2) is 3.28. The van der Waals surface area contributed by atoms with Gasteiger partial charge in [-0.05, 0) is 38.3 Å². The van der Waals surface area contributed by atoms with Crippen molar-refractivity contribution in [3.63, 3.8) is 0 Å². The zero-order valence-corrected chi connectivity index (χ0v) is 10.8. The number of amides is 2. The van der Waals surface area contributed by atoms with Crippen LogP contribution in [0.4, 0.5) is 5.69 Å². The fourth-order valence-electron chi connectivity index (χ4n) is 2.21. The molecule has 18 heavy (non-hydrogen) atoms. The predicted molar refractivity (Wildman–Crippen MR) is 69.8 cm³/mol. The lowest BCUT2D eigenvalue weighted by Gasteiger charge is -2.19. The summed E-state index contributed by atoms with van der Waals surface area (Å²) in [6.07, 6.45) is -2.45. The minimum Gasteiger partial charge on any atom is -0.273 e. The van der Waals surface area contributed by atoms with E-state index >= 15 is 0 Å². The van der Waals surface area contributed by atoms with Gasteiger partial charge in [0.05, 0.1) is 16.5 Å². The van der Waals surface area contributed by atoms with Crippen molar-refractivity contribution >= 4 is 40.7 Å². The second-order valence-electron chi connectivity index (χ2n) is 4.57. The molecule has 1 aromatic rings. The summed E-state index contributed by atoms with van der Waals surface area (Å²) in [6, 6.07) is 4.01. The van der Waals surface area contributed by atoms with Crippen LogP contribution in [0.1, 0.15) is 27.0 Å². The summed E-state index contributed by atoms with van der Waals surface area (Å²) in [5.41, 5.74) is -4.30. The fraction of sp³-hybridized carbons (Fsp3) is 0.385. The van der Waals surface area contributed by atoms with Gasteiger partial charge in [-0.25, -0.2) is 4.90 Å². The maximum Gasteiger partial charge on any atom is 0.240 e. The van der Waals surface area contributed by atoms with Crippen LogP contribution in [-0.4, -0.2) is 11.8 Å². The number of imide groups is 1. The number of hydrogen-bond acceptors (Lipinski definition) is 2. The summed E-state index contributed by atoms with van der Waals surface area (Å²) in [7, 11) is 0. The van der Waals surface area contributed by atoms with Gasteiger partial charge in [-0.15, -0.1) is 0 Å². The lowest BCUT2D eigenvalue weighted by molar-refractivity contribution is -0.125. The van der Waals surface area contributed by atoms with E-state index in [0.29, 0.717) is 4.90 Å². The number of hydrogen-bond donors (Lipinski definition) is 0. The molecule has 0 spiro atoms. The van der Waals surface area contributed by atoms with Crippen molar-refractivity contribution in [2.24, 2.45) is 10.8 Å². The topological polar surface area (TPSA) is 37.4 Å². The molecule has 2 atom stereocenters. The molecule has 1 saturated heterocycles. The Labute approximate surface area is 122 Å². The van der Waals surface area contributed by atoms with E-state index in [2.05, 4.69) is 0 Å². The highest BCUT2D eigenvalue weighted by molar-refractivity contribution is 6.36. The van der Waals surface area contributed by atoms with Crippen molar-refractivity contribution in [2.75, 3.05) is 4.90 Å². The number of halogens is 2. The summed E-state index contributed by atoms with van der Waals surface area (Å²) in [5, 5.41) is 0.342. The molecule has 1 aliphatic carbocycles. The summed E-state index contributed by atoms with van der Waals surface area (Å²) in [5.74, 6) is -1.99. The largest absolute Gasteiger partial charge is 0.273 e. The molecule has 2 fully saturated rings. The molecule has 1 heterocycles. The quantitative estimate of drug-likeness (QED) is 0.744. The Morgan fingerprint density at radius 3 is 2.28 bits per heavy atom. The summed E-state index contributed by atoms with van der Waals surface area (Å²) >= 11 is 11.7. The van der Waals surface area contributed by atoms with Crippen LogP contribution in [-0.2, 0) is 9.59 Å². The first-order valence-corrected chi connectivity index (χ1v) is 5.95. The SMILES string of the molecule is [2H]C([2H])([2H])C12C(=O)N(c3cc(Cl)cc(Cl)c3)C(=O)C1(C)C2([2H])[2H]. The van der Waals surface area contributed by atoms with Crippen LogP contribution in [0, 0.1) is 10.8 Å². The lowest BCUT2D eigenvalue weighted by Crippen LogP contribution is -2.35. The molecule has 1 aromatic carbocycles. The summed E-state index contributed by atoms with van der Waals surface area (Å²) in [4.78, 5) is 26.2. The Bertz CT molecular complexity index is 745. The molecule has 0 N–H and O–H groups in total. The van der Waals surface area contributed by atoms with Crippen LogP contribution in [0.15, 0.2) is 18.2 Å². The van der Waals surface area contributed by atoms with E-state index in [1.807, 2.05) is 0 Å². The van der Waals surface area contributed by atoms with Gasteiger partial charge in [0, 0.05) is 16.9 Å². The van der Waals surface area contributed by atoms with Crippen LogP contribution < -0.4 is 4.90 Å². The van der Waals surface area contributed by atoms with Crippen LogP contribution in [0.5, 0.6) is 0 Å². The molecule has 0 aromatic heterocycles. The number of fused-ring (bicyclic) bond motifs is 1. The van der Waals surface area contributed by atoms with E-state index in [1.165, 1.54) is 25.1 Å². The van der Waals surface area contributed by atoms with E-state index < -0.39 is 35.9 Å². The van der Waals surface area contributed by atoms with E-state index in [-0.39, 0.29) is 15.7 Å². The van der Waals surface area contributed by atoms with Gasteiger partial charge in [0.15, 0.2) is 0 Å². The van der Waals surface area contributed by atoms with E-state index in [4.69, 9.17) is 30.1 Å². The van der Waals surface area contributed by atoms with Gasteiger partial charge in [-0.3, -0.25) is 9.59 Å². The number of nitrogens with zero attached hydrogens (tertiary/aromatic N) is 1. The van der Waals surface area contributed by atoms with Gasteiger partial charge in [-0.1, -0.05) is 23.2 Å². The molecule has 94 valence electrons. The molecule has 3 rings (SSSR count). The summed E-state index contributed by atoms with van der Waals surface area (Å²) < 4.78 is 38.8. The van der Waals surface area contributed by atoms with Crippen LogP contribution in [0.3, 0.4) is 0 Å². The zero-order valence-electron chi connectivity index (χ0n) is 14.3. The molecule has 2 aliphatic rings. The van der Waals surface area contributed by atoms with Gasteiger partial charge in [0.2, 0.25) is 11.8 Å². The third-order valence-electron chi connectivity index (χ3n) is 3.39. The average Bonchev–Trinajstić information content (AvgIpc) is 2.67. The number of piperidine rings is 1. The second-order valence-corrected chi connectivity index (χ2v) is 5.45. The van der Waals surface area contributed by atoms with Gasteiger partial charge >= 0.3 is 0 Å². The molecule has 5 heteroatoms. The minimum atomic E-state index is -2.96. The first-order chi connectivity index (χ1) is 10.3. The summed E-state index contributed by atoms with van der Waals surface area (Å²) in [6.45, 7) is -1.79. The molecular formula is C13H11Cl2NO2. The number of benzene rings is 1. The fourth-order valence-corrected chi connectivity index (χ4v) is 2.73. The molecule has 0 bridgehead atoms. The monoisotopic (exact) mass is 288 g/mol. The van der Waals surface area contributed by atoms with Crippen molar-refractivity contribution in [3.05, 3.63) is 28.2 Å². The maximum atomic E-state index is 12.8. The predicted octanol–water partition coefficient (Wildman–Crippen LogP) is 3.28. The minimum absolute atomic E-state index is 0.0327. The first-order valence-electron chi connectivity index (χ1n) is 7.69. The van der Waals surface area contributed by atoms with E-state index in [1.54, 1.807) is 0 Å². The third kappa shape index (κ3) is 1.26. The van der Waals surface area contributed by atoms with Gasteiger partial charge in [-0.2, -0.15) is 0 Å². The number of carbonyl (C=O) groups is 2. The Balaban J connectivity index is 2.20. The Kier molecular flexibility index (Phi) is 1.37. The van der Waals surface area contributed by atoms with Crippen LogP contribution in [0.2, 0.25) is 10.0 Å². The molecular weight excluding hydrogens is 273 g/mol. The molecule has 2 unspecified atom stereocenters. The van der Waals surface area contributed by atoms with Gasteiger partial charge in [0.1, 0.15) is 0 Å². The van der Waals surface area contributed by atoms with Crippen molar-refractivity contribution in [2.45, 2.75) is 20.1 Å². The van der Waals surface area contributed by atoms with Crippen molar-refractivity contribution in [3.8, 4) is 0 Å². The highest BCUT2D eigenvalue weighted by Gasteiger charge is 2.77. The maximum absolute atomic E-state index is 12.8. The van der Waals surface area contributed by atoms with E-state index in [0.717, 1.165) is 0 Å². The highest BCUT2D eigenvalue weighted by atomic mass is 35.5. The van der Waals surface area contributed by atoms with Crippen molar-refractivity contribution in [1.82, 2.24) is 0 Å². The number of rotatable bonds is 1. The van der Waals surface area contributed by atoms with Gasteiger partial charge < -0.3 is 0 Å². The number of anilines is 1. The average molecular weight is 289 g/mol. The van der Waals surface area contributed by atoms with Gasteiger partial charge in [0.25, 0.3) is 0 Å². The zero-order chi connectivity index (χ0) is 17.6. The Morgan fingerprint density at radius 2 is 1.78 bits per heavy atom. The van der Waals surface area contributed by atoms with Crippen LogP contribution >= 0.6 is 23.2 Å². The van der Waals surface area contributed by atoms with Crippen molar-refractivity contribution in [1.29, 1.82) is 0 Å². The van der Waals surface area contributed by atoms with Crippen LogP contribution in [0.25, 0.3) is 0 Å². The van der Waals surface area contributed by atoms with Crippen molar-refractivity contribution < 1.29 is 16.4 Å². The normalized spacial score (nSPS) is 41.5. The molecule has 3 nitrogen and oxygen atoms in total. The molecule has 1 saturated carbocycles. The first kappa shape index (κ1) is 7.51. The molecule has 1 aliphatic heterocycles.